The van der Waals surface area contributed by atoms with E-state index >= 15 is 0 Å². The molecule has 1 aromatic carbocycles. The SMILES string of the molecule is Cc1sc2nc(SC(C)C(=O)O)nc(Cl)c2c1-c1ccc(C(C)C)cc1. The molecule has 0 saturated carbocycles. The van der Waals surface area contributed by atoms with Crippen molar-refractivity contribution in [2.75, 3.05) is 0 Å². The van der Waals surface area contributed by atoms with E-state index in [0.717, 1.165) is 38.0 Å². The topological polar surface area (TPSA) is 63.1 Å². The summed E-state index contributed by atoms with van der Waals surface area (Å²) < 4.78 is 0. The third-order valence-corrected chi connectivity index (χ3v) is 6.38. The normalized spacial score (nSPS) is 12.7. The van der Waals surface area contributed by atoms with Crippen molar-refractivity contribution in [2.45, 2.75) is 44.0 Å². The second-order valence-electron chi connectivity index (χ2n) is 6.39. The molecular weight excluding hydrogens is 388 g/mol. The minimum Gasteiger partial charge on any atom is -0.480 e. The van der Waals surface area contributed by atoms with E-state index in [9.17, 15) is 4.79 Å². The van der Waals surface area contributed by atoms with Gasteiger partial charge in [-0.2, -0.15) is 0 Å². The lowest BCUT2D eigenvalue weighted by atomic mass is 9.98. The number of halogens is 1. The Morgan fingerprint density at radius 3 is 2.42 bits per heavy atom. The summed E-state index contributed by atoms with van der Waals surface area (Å²) in [4.78, 5) is 21.8. The van der Waals surface area contributed by atoms with Crippen LogP contribution < -0.4 is 0 Å². The molecule has 0 spiro atoms. The molecule has 0 aliphatic carbocycles. The predicted octanol–water partition coefficient (Wildman–Crippen LogP) is 6.01. The largest absolute Gasteiger partial charge is 0.480 e. The Morgan fingerprint density at radius 1 is 1.19 bits per heavy atom. The quantitative estimate of drug-likeness (QED) is 0.319. The van der Waals surface area contributed by atoms with Gasteiger partial charge in [0.1, 0.15) is 15.2 Å². The van der Waals surface area contributed by atoms with E-state index in [1.165, 1.54) is 5.56 Å². The van der Waals surface area contributed by atoms with Crippen LogP contribution in [0.3, 0.4) is 0 Å². The number of fused-ring (bicyclic) bond motifs is 1. The second kappa shape index (κ2) is 7.55. The Labute approximate surface area is 165 Å². The molecule has 0 aliphatic heterocycles. The molecule has 1 unspecified atom stereocenters. The molecule has 0 aliphatic rings. The highest BCUT2D eigenvalue weighted by Crippen LogP contribution is 2.41. The molecule has 1 atom stereocenters. The molecule has 0 amide bonds. The molecule has 3 aromatic rings. The van der Waals surface area contributed by atoms with Crippen LogP contribution in [0.1, 0.15) is 37.1 Å². The number of benzene rings is 1. The average molecular weight is 407 g/mol. The minimum atomic E-state index is -0.900. The molecule has 7 heteroatoms. The Balaban J connectivity index is 2.07. The lowest BCUT2D eigenvalue weighted by Gasteiger charge is -2.08. The molecule has 3 rings (SSSR count). The third-order valence-electron chi connectivity index (χ3n) is 4.16. The van der Waals surface area contributed by atoms with Crippen molar-refractivity contribution in [3.8, 4) is 11.1 Å². The van der Waals surface area contributed by atoms with Gasteiger partial charge in [-0.1, -0.05) is 61.5 Å². The first-order chi connectivity index (χ1) is 12.3. The molecule has 4 nitrogen and oxygen atoms in total. The smallest absolute Gasteiger partial charge is 0.316 e. The first-order valence-electron chi connectivity index (χ1n) is 8.24. The van der Waals surface area contributed by atoms with Gasteiger partial charge in [-0.05, 0) is 30.9 Å². The van der Waals surface area contributed by atoms with Crippen molar-refractivity contribution in [2.24, 2.45) is 0 Å². The number of aromatic nitrogens is 2. The number of thioether (sulfide) groups is 1. The van der Waals surface area contributed by atoms with Crippen LogP contribution in [0.5, 0.6) is 0 Å². The van der Waals surface area contributed by atoms with Crippen LogP contribution in [0.15, 0.2) is 29.4 Å². The van der Waals surface area contributed by atoms with Crippen LogP contribution in [0, 0.1) is 6.92 Å². The summed E-state index contributed by atoms with van der Waals surface area (Å²) in [5.74, 6) is -0.421. The van der Waals surface area contributed by atoms with E-state index in [4.69, 9.17) is 16.7 Å². The highest BCUT2D eigenvalue weighted by Gasteiger charge is 2.20. The number of carboxylic acids is 1. The van der Waals surface area contributed by atoms with E-state index in [0.29, 0.717) is 16.2 Å². The van der Waals surface area contributed by atoms with Crippen LogP contribution in [0.25, 0.3) is 21.3 Å². The number of carboxylic acid groups (broad SMARTS) is 1. The fourth-order valence-electron chi connectivity index (χ4n) is 2.70. The standard InChI is InChI=1S/C19H19ClN2O2S2/c1-9(2)12-5-7-13(8-6-12)14-10(3)25-17-15(14)16(20)21-19(22-17)26-11(4)18(23)24/h5-9,11H,1-4H3,(H,23,24). The van der Waals surface area contributed by atoms with E-state index in [2.05, 4.69) is 48.1 Å². The van der Waals surface area contributed by atoms with Crippen LogP contribution in [-0.4, -0.2) is 26.3 Å². The summed E-state index contributed by atoms with van der Waals surface area (Å²) in [6.45, 7) is 7.99. The van der Waals surface area contributed by atoms with Gasteiger partial charge in [-0.15, -0.1) is 11.3 Å². The van der Waals surface area contributed by atoms with Crippen molar-refractivity contribution >= 4 is 50.9 Å². The number of carbonyl (C=O) groups is 1. The van der Waals surface area contributed by atoms with Gasteiger partial charge in [-0.3, -0.25) is 4.79 Å². The molecule has 2 heterocycles. The molecule has 0 saturated heterocycles. The predicted molar refractivity (Wildman–Crippen MR) is 110 cm³/mol. The molecular formula is C19H19ClN2O2S2. The summed E-state index contributed by atoms with van der Waals surface area (Å²) in [5, 5.41) is 10.0. The van der Waals surface area contributed by atoms with E-state index in [1.54, 1.807) is 18.3 Å². The Morgan fingerprint density at radius 2 is 1.85 bits per heavy atom. The molecule has 1 N–H and O–H groups in total. The van der Waals surface area contributed by atoms with E-state index in [-0.39, 0.29) is 0 Å². The zero-order chi connectivity index (χ0) is 19.0. The van der Waals surface area contributed by atoms with E-state index in [1.807, 2.05) is 6.92 Å². The molecule has 2 aromatic heterocycles. The number of thiophene rings is 1. The van der Waals surface area contributed by atoms with Gasteiger partial charge >= 0.3 is 5.97 Å². The number of rotatable bonds is 5. The zero-order valence-corrected chi connectivity index (χ0v) is 17.3. The fourth-order valence-corrected chi connectivity index (χ4v) is 4.87. The summed E-state index contributed by atoms with van der Waals surface area (Å²) in [7, 11) is 0. The summed E-state index contributed by atoms with van der Waals surface area (Å²) >= 11 is 9.12. The van der Waals surface area contributed by atoms with Crippen LogP contribution in [0.4, 0.5) is 0 Å². The Hall–Kier alpha value is -1.63. The maximum Gasteiger partial charge on any atom is 0.316 e. The zero-order valence-electron chi connectivity index (χ0n) is 14.9. The lowest BCUT2D eigenvalue weighted by Crippen LogP contribution is -2.11. The van der Waals surface area contributed by atoms with Gasteiger partial charge in [-0.25, -0.2) is 9.97 Å². The van der Waals surface area contributed by atoms with Gasteiger partial charge in [0.15, 0.2) is 5.16 Å². The maximum atomic E-state index is 11.1. The molecule has 0 fully saturated rings. The van der Waals surface area contributed by atoms with Crippen molar-refractivity contribution < 1.29 is 9.90 Å². The van der Waals surface area contributed by atoms with Crippen molar-refractivity contribution in [3.63, 3.8) is 0 Å². The number of nitrogens with zero attached hydrogens (tertiary/aromatic N) is 2. The van der Waals surface area contributed by atoms with Crippen LogP contribution >= 0.6 is 34.7 Å². The fraction of sp³-hybridized carbons (Fsp3) is 0.316. The van der Waals surface area contributed by atoms with Gasteiger partial charge in [0.2, 0.25) is 0 Å². The molecule has 0 bridgehead atoms. The highest BCUT2D eigenvalue weighted by atomic mass is 35.5. The van der Waals surface area contributed by atoms with Gasteiger partial charge in [0.05, 0.1) is 5.39 Å². The maximum absolute atomic E-state index is 11.1. The van der Waals surface area contributed by atoms with E-state index < -0.39 is 11.2 Å². The summed E-state index contributed by atoms with van der Waals surface area (Å²) in [6, 6.07) is 8.48. The monoisotopic (exact) mass is 406 g/mol. The summed E-state index contributed by atoms with van der Waals surface area (Å²) in [6.07, 6.45) is 0. The minimum absolute atomic E-state index is 0.363. The van der Waals surface area contributed by atoms with Crippen molar-refractivity contribution in [3.05, 3.63) is 39.9 Å². The Bertz CT molecular complexity index is 968. The number of hydrogen-bond donors (Lipinski definition) is 1. The van der Waals surface area contributed by atoms with Gasteiger partial charge in [0.25, 0.3) is 0 Å². The van der Waals surface area contributed by atoms with Gasteiger partial charge in [0, 0.05) is 10.4 Å². The second-order valence-corrected chi connectivity index (χ2v) is 9.25. The first kappa shape index (κ1) is 19.1. The number of aliphatic carboxylic acids is 1. The van der Waals surface area contributed by atoms with Crippen molar-refractivity contribution in [1.82, 2.24) is 9.97 Å². The highest BCUT2D eigenvalue weighted by molar-refractivity contribution is 8.00. The van der Waals surface area contributed by atoms with Crippen LogP contribution in [0.2, 0.25) is 5.15 Å². The van der Waals surface area contributed by atoms with Gasteiger partial charge < -0.3 is 5.11 Å². The average Bonchev–Trinajstić information content (AvgIpc) is 2.91. The molecule has 0 radical (unpaired) electrons. The van der Waals surface area contributed by atoms with Crippen molar-refractivity contribution in [1.29, 1.82) is 0 Å². The third kappa shape index (κ3) is 3.72. The lowest BCUT2D eigenvalue weighted by molar-refractivity contribution is -0.136. The Kier molecular flexibility index (Phi) is 5.55. The molecule has 136 valence electrons. The first-order valence-corrected chi connectivity index (χ1v) is 10.3. The number of aryl methyl sites for hydroxylation is 1. The van der Waals surface area contributed by atoms with Crippen LogP contribution in [-0.2, 0) is 4.79 Å². The number of hydrogen-bond acceptors (Lipinski definition) is 5. The summed E-state index contributed by atoms with van der Waals surface area (Å²) in [5.41, 5.74) is 3.42. The molecule has 26 heavy (non-hydrogen) atoms.